The second kappa shape index (κ2) is 7.27. The zero-order chi connectivity index (χ0) is 17.4. The van der Waals surface area contributed by atoms with E-state index in [1.54, 1.807) is 18.0 Å². The fourth-order valence-electron chi connectivity index (χ4n) is 3.83. The van der Waals surface area contributed by atoms with E-state index < -0.39 is 0 Å². The van der Waals surface area contributed by atoms with E-state index in [9.17, 15) is 4.79 Å². The lowest BCUT2D eigenvalue weighted by atomic mass is 9.79. The molecule has 3 aliphatic heterocycles. The third kappa shape index (κ3) is 3.72. The molecule has 2 aromatic heterocycles. The van der Waals surface area contributed by atoms with E-state index in [1.807, 2.05) is 24.3 Å². The Balaban J connectivity index is 1.42. The van der Waals surface area contributed by atoms with Gasteiger partial charge in [-0.1, -0.05) is 23.4 Å². The topological polar surface area (TPSA) is 45.2 Å². The molecule has 3 fully saturated rings. The third-order valence-corrected chi connectivity index (χ3v) is 7.61. The average Bonchev–Trinajstić information content (AvgIpc) is 3.07. The van der Waals surface area contributed by atoms with Crippen molar-refractivity contribution in [2.45, 2.75) is 41.0 Å². The van der Waals surface area contributed by atoms with Gasteiger partial charge >= 0.3 is 0 Å². The van der Waals surface area contributed by atoms with E-state index in [-0.39, 0.29) is 11.9 Å². The minimum Gasteiger partial charge on any atom is -0.347 e. The molecule has 2 atom stereocenters. The average molecular weight is 394 g/mol. The summed E-state index contributed by atoms with van der Waals surface area (Å²) in [4.78, 5) is 21.0. The van der Waals surface area contributed by atoms with Crippen molar-refractivity contribution >= 4 is 40.6 Å². The lowest BCUT2D eigenvalue weighted by Gasteiger charge is -2.49. The number of aromatic nitrogens is 1. The van der Waals surface area contributed by atoms with Gasteiger partial charge < -0.3 is 5.32 Å². The molecule has 0 aromatic carbocycles. The van der Waals surface area contributed by atoms with Crippen LogP contribution in [0.15, 0.2) is 39.6 Å². The Kier molecular flexibility index (Phi) is 5.04. The largest absolute Gasteiger partial charge is 0.347 e. The van der Waals surface area contributed by atoms with Crippen LogP contribution in [-0.4, -0.2) is 41.0 Å². The molecule has 132 valence electrons. The molecule has 5 heterocycles. The van der Waals surface area contributed by atoms with E-state index in [1.165, 1.54) is 37.3 Å². The van der Waals surface area contributed by atoms with Crippen LogP contribution >= 0.6 is 34.7 Å². The van der Waals surface area contributed by atoms with E-state index in [2.05, 4.69) is 22.1 Å². The lowest BCUT2D eigenvalue weighted by Crippen LogP contribution is -2.62. The SMILES string of the molecule is C[C@H]1[C@H](NC(=O)c2ccc(Sc3ccnc(Cl)c3)s2)C2CCN1CC2. The maximum Gasteiger partial charge on any atom is 0.261 e. The number of carbonyl (C=O) groups excluding carboxylic acids is 1. The summed E-state index contributed by atoms with van der Waals surface area (Å²) in [5, 5.41) is 3.77. The highest BCUT2D eigenvalue weighted by Crippen LogP contribution is 2.35. The lowest BCUT2D eigenvalue weighted by molar-refractivity contribution is 0.0218. The van der Waals surface area contributed by atoms with E-state index >= 15 is 0 Å². The highest BCUT2D eigenvalue weighted by atomic mass is 35.5. The number of halogens is 1. The first kappa shape index (κ1) is 17.3. The Morgan fingerprint density at radius 3 is 2.88 bits per heavy atom. The van der Waals surface area contributed by atoms with Crippen molar-refractivity contribution in [1.29, 1.82) is 0 Å². The fourth-order valence-corrected chi connectivity index (χ4v) is 6.10. The molecule has 7 heteroatoms. The van der Waals surface area contributed by atoms with E-state index in [4.69, 9.17) is 11.6 Å². The Labute approximate surface area is 161 Å². The first-order valence-corrected chi connectivity index (χ1v) is 10.6. The van der Waals surface area contributed by atoms with Crippen molar-refractivity contribution < 1.29 is 4.79 Å². The quantitative estimate of drug-likeness (QED) is 0.792. The van der Waals surface area contributed by atoms with Gasteiger partial charge in [-0.2, -0.15) is 0 Å². The molecule has 0 aliphatic carbocycles. The normalized spacial score (nSPS) is 28.1. The summed E-state index contributed by atoms with van der Waals surface area (Å²) in [5.41, 5.74) is 0. The van der Waals surface area contributed by atoms with Gasteiger partial charge in [-0.05, 0) is 63.0 Å². The van der Waals surface area contributed by atoms with Gasteiger partial charge in [0.15, 0.2) is 0 Å². The molecule has 3 aliphatic rings. The molecule has 1 N–H and O–H groups in total. The van der Waals surface area contributed by atoms with Gasteiger partial charge in [-0.15, -0.1) is 11.3 Å². The van der Waals surface area contributed by atoms with Crippen LogP contribution in [0.4, 0.5) is 0 Å². The summed E-state index contributed by atoms with van der Waals surface area (Å²) in [6, 6.07) is 8.37. The zero-order valence-corrected chi connectivity index (χ0v) is 16.3. The maximum absolute atomic E-state index is 12.7. The van der Waals surface area contributed by atoms with Crippen LogP contribution in [0.2, 0.25) is 5.15 Å². The number of rotatable bonds is 4. The molecule has 1 amide bonds. The molecule has 2 aromatic rings. The third-order valence-electron chi connectivity index (χ3n) is 5.20. The number of nitrogens with one attached hydrogen (secondary N) is 1. The number of amides is 1. The predicted molar refractivity (Wildman–Crippen MR) is 103 cm³/mol. The molecular weight excluding hydrogens is 374 g/mol. The van der Waals surface area contributed by atoms with Gasteiger partial charge in [0.05, 0.1) is 9.09 Å². The molecule has 0 radical (unpaired) electrons. The first-order chi connectivity index (χ1) is 12.1. The summed E-state index contributed by atoms with van der Waals surface area (Å²) in [5.74, 6) is 0.673. The highest BCUT2D eigenvalue weighted by Gasteiger charge is 2.40. The number of pyridine rings is 1. The molecule has 2 bridgehead atoms. The van der Waals surface area contributed by atoms with Crippen molar-refractivity contribution in [3.63, 3.8) is 0 Å². The van der Waals surface area contributed by atoms with Gasteiger partial charge in [-0.25, -0.2) is 4.98 Å². The number of thiophene rings is 1. The number of fused-ring (bicyclic) bond motifs is 3. The fraction of sp³-hybridized carbons (Fsp3) is 0.444. The minimum atomic E-state index is 0.0511. The monoisotopic (exact) mass is 393 g/mol. The number of hydrogen-bond acceptors (Lipinski definition) is 5. The van der Waals surface area contributed by atoms with E-state index in [0.717, 1.165) is 14.0 Å². The number of hydrogen-bond donors (Lipinski definition) is 1. The Morgan fingerprint density at radius 1 is 1.36 bits per heavy atom. The summed E-state index contributed by atoms with van der Waals surface area (Å²) in [7, 11) is 0. The molecule has 4 nitrogen and oxygen atoms in total. The van der Waals surface area contributed by atoms with Crippen molar-refractivity contribution in [3.05, 3.63) is 40.5 Å². The smallest absolute Gasteiger partial charge is 0.261 e. The van der Waals surface area contributed by atoms with Gasteiger partial charge in [0.25, 0.3) is 5.91 Å². The van der Waals surface area contributed by atoms with Gasteiger partial charge in [-0.3, -0.25) is 9.69 Å². The minimum absolute atomic E-state index is 0.0511. The summed E-state index contributed by atoms with van der Waals surface area (Å²) >= 11 is 9.06. The Hall–Kier alpha value is -1.08. The van der Waals surface area contributed by atoms with Crippen LogP contribution in [0.5, 0.6) is 0 Å². The van der Waals surface area contributed by atoms with Crippen molar-refractivity contribution in [2.75, 3.05) is 13.1 Å². The number of nitrogens with zero attached hydrogens (tertiary/aromatic N) is 2. The second-order valence-corrected chi connectivity index (χ2v) is 9.49. The van der Waals surface area contributed by atoms with Crippen LogP contribution in [0.25, 0.3) is 0 Å². The molecular formula is C18H20ClN3OS2. The maximum atomic E-state index is 12.7. The summed E-state index contributed by atoms with van der Waals surface area (Å²) < 4.78 is 1.08. The highest BCUT2D eigenvalue weighted by molar-refractivity contribution is 8.01. The molecule has 25 heavy (non-hydrogen) atoms. The van der Waals surface area contributed by atoms with Gasteiger partial charge in [0, 0.05) is 23.2 Å². The summed E-state index contributed by atoms with van der Waals surface area (Å²) in [6.45, 7) is 4.58. The van der Waals surface area contributed by atoms with Crippen molar-refractivity contribution in [2.24, 2.45) is 5.92 Å². The van der Waals surface area contributed by atoms with Crippen molar-refractivity contribution in [1.82, 2.24) is 15.2 Å². The van der Waals surface area contributed by atoms with Gasteiger partial charge in [0.2, 0.25) is 0 Å². The van der Waals surface area contributed by atoms with Crippen molar-refractivity contribution in [3.8, 4) is 0 Å². The van der Waals surface area contributed by atoms with E-state index in [0.29, 0.717) is 17.1 Å². The van der Waals surface area contributed by atoms with Crippen LogP contribution in [-0.2, 0) is 0 Å². The first-order valence-electron chi connectivity index (χ1n) is 8.54. The number of carbonyl (C=O) groups is 1. The summed E-state index contributed by atoms with van der Waals surface area (Å²) in [6.07, 6.45) is 4.09. The van der Waals surface area contributed by atoms with Crippen LogP contribution in [0, 0.1) is 5.92 Å². The van der Waals surface area contributed by atoms with Gasteiger partial charge in [0.1, 0.15) is 5.15 Å². The molecule has 0 unspecified atom stereocenters. The standard InChI is InChI=1S/C18H20ClN3OS2/c1-11-17(12-5-8-22(11)9-6-12)21-18(23)14-2-3-16(25-14)24-13-4-7-20-15(19)10-13/h2-4,7,10-12,17H,5-6,8-9H2,1H3,(H,21,23)/t11-,17-/m0/s1. The molecule has 0 spiro atoms. The van der Waals surface area contributed by atoms with Crippen LogP contribution < -0.4 is 5.32 Å². The number of piperidine rings is 3. The Morgan fingerprint density at radius 2 is 2.16 bits per heavy atom. The zero-order valence-electron chi connectivity index (χ0n) is 13.9. The predicted octanol–water partition coefficient (Wildman–Crippen LogP) is 4.16. The molecule has 5 rings (SSSR count). The second-order valence-electron chi connectivity index (χ2n) is 6.65. The molecule has 0 saturated carbocycles. The van der Waals surface area contributed by atoms with Crippen LogP contribution in [0.3, 0.4) is 0 Å². The molecule has 3 saturated heterocycles. The Bertz CT molecular complexity index is 771. The van der Waals surface area contributed by atoms with Crippen LogP contribution in [0.1, 0.15) is 29.4 Å².